The minimum Gasteiger partial charge on any atom is -0.349 e. The monoisotopic (exact) mass is 189 g/mol. The normalized spacial score (nSPS) is 16.8. The van der Waals surface area contributed by atoms with Crippen LogP contribution in [0.5, 0.6) is 0 Å². The first kappa shape index (κ1) is 6.86. The van der Waals surface area contributed by atoms with Crippen LogP contribution in [0.25, 0.3) is 0 Å². The van der Waals surface area contributed by atoms with E-state index in [1.807, 2.05) is 0 Å². The number of rotatable bonds is 7. The Balaban J connectivity index is 4.50. The van der Waals surface area contributed by atoms with E-state index in [-0.39, 0.29) is 6.42 Å². The Hall–Kier alpha value is -0.530. The van der Waals surface area contributed by atoms with Crippen molar-refractivity contribution in [3.63, 3.8) is 0 Å². The van der Waals surface area contributed by atoms with Crippen molar-refractivity contribution in [1.29, 1.82) is 0 Å². The largest absolute Gasteiger partial charge is 0.349 e. The molecule has 0 saturated carbocycles. The molecule has 0 aromatic rings. The molecule has 0 rings (SSSR count). The van der Waals surface area contributed by atoms with Crippen LogP contribution in [0.2, 0.25) is 0 Å². The van der Waals surface area contributed by atoms with Crippen LogP contribution in [0.3, 0.4) is 0 Å². The van der Waals surface area contributed by atoms with Gasteiger partial charge in [-0.3, -0.25) is 4.79 Å². The summed E-state index contributed by atoms with van der Waals surface area (Å²) < 4.78 is 30.8. The highest BCUT2D eigenvalue weighted by Gasteiger charge is 2.01. The molecule has 78 valence electrons. The van der Waals surface area contributed by atoms with Crippen LogP contribution < -0.4 is 0 Å². The standard InChI is InChI=1S/C11H23NO/c1-4-5-6-7-8-9-10-11(13)12(2)3/h4-10H2,1-3H3/i9D2,10D2. The fraction of sp³-hybridized carbons (Fsp3) is 0.909. The van der Waals surface area contributed by atoms with Gasteiger partial charge >= 0.3 is 0 Å². The molecule has 0 radical (unpaired) electrons. The van der Waals surface area contributed by atoms with Crippen molar-refractivity contribution >= 4 is 5.91 Å². The van der Waals surface area contributed by atoms with Gasteiger partial charge in [0.2, 0.25) is 5.91 Å². The predicted molar refractivity (Wildman–Crippen MR) is 56.7 cm³/mol. The molecule has 0 heterocycles. The Morgan fingerprint density at radius 2 is 1.85 bits per heavy atom. The molecule has 0 unspecified atom stereocenters. The summed E-state index contributed by atoms with van der Waals surface area (Å²) in [6, 6.07) is 0. The second-order valence-corrected chi connectivity index (χ2v) is 3.31. The topological polar surface area (TPSA) is 20.3 Å². The molecule has 0 aliphatic heterocycles. The SMILES string of the molecule is [2H]C([2H])(CCCCCC)C([2H])([2H])C(=O)N(C)C. The molecule has 0 aliphatic carbocycles. The molecule has 0 saturated heterocycles. The van der Waals surface area contributed by atoms with Gasteiger partial charge in [0.25, 0.3) is 0 Å². The number of hydrogen-bond donors (Lipinski definition) is 0. The zero-order valence-electron chi connectivity index (χ0n) is 12.9. The zero-order chi connectivity index (χ0) is 13.7. The molecule has 1 amide bonds. The second-order valence-electron chi connectivity index (χ2n) is 3.31. The number of hydrogen-bond acceptors (Lipinski definition) is 1. The predicted octanol–water partition coefficient (Wildman–Crippen LogP) is 2.83. The van der Waals surface area contributed by atoms with Crippen molar-refractivity contribution in [1.82, 2.24) is 4.90 Å². The van der Waals surface area contributed by atoms with Crippen LogP contribution in [0.15, 0.2) is 0 Å². The van der Waals surface area contributed by atoms with E-state index >= 15 is 0 Å². The summed E-state index contributed by atoms with van der Waals surface area (Å²) >= 11 is 0. The van der Waals surface area contributed by atoms with Crippen molar-refractivity contribution in [3.8, 4) is 0 Å². The van der Waals surface area contributed by atoms with Crippen LogP contribution in [0, 0.1) is 0 Å². The van der Waals surface area contributed by atoms with Gasteiger partial charge in [-0.1, -0.05) is 39.0 Å². The van der Waals surface area contributed by atoms with E-state index in [0.717, 1.165) is 24.2 Å². The van der Waals surface area contributed by atoms with Crippen LogP contribution >= 0.6 is 0 Å². The van der Waals surface area contributed by atoms with Gasteiger partial charge in [-0.15, -0.1) is 0 Å². The molecule has 0 spiro atoms. The third-order valence-corrected chi connectivity index (χ3v) is 1.76. The number of amides is 1. The highest BCUT2D eigenvalue weighted by Crippen LogP contribution is 2.07. The molecule has 0 aromatic heterocycles. The average Bonchev–Trinajstić information content (AvgIpc) is 2.22. The van der Waals surface area contributed by atoms with Gasteiger partial charge in [0.05, 0.1) is 0 Å². The maximum atomic E-state index is 11.6. The first-order chi connectivity index (χ1) is 7.66. The first-order valence-electron chi connectivity index (χ1n) is 6.88. The lowest BCUT2D eigenvalue weighted by atomic mass is 10.1. The van der Waals surface area contributed by atoms with Gasteiger partial charge in [0, 0.05) is 26.0 Å². The molecule has 0 aliphatic rings. The van der Waals surface area contributed by atoms with Gasteiger partial charge in [-0.2, -0.15) is 0 Å². The Kier molecular flexibility index (Phi) is 4.26. The maximum absolute atomic E-state index is 11.6. The van der Waals surface area contributed by atoms with Gasteiger partial charge < -0.3 is 4.90 Å². The lowest BCUT2D eigenvalue weighted by Crippen LogP contribution is -2.20. The molecule has 13 heavy (non-hydrogen) atoms. The van der Waals surface area contributed by atoms with Crippen molar-refractivity contribution in [3.05, 3.63) is 0 Å². The molecule has 0 atom stereocenters. The first-order valence-corrected chi connectivity index (χ1v) is 4.88. The third-order valence-electron chi connectivity index (χ3n) is 1.76. The Morgan fingerprint density at radius 1 is 1.23 bits per heavy atom. The van der Waals surface area contributed by atoms with Crippen molar-refractivity contribution in [2.24, 2.45) is 0 Å². The lowest BCUT2D eigenvalue weighted by molar-refractivity contribution is -0.128. The van der Waals surface area contributed by atoms with E-state index in [4.69, 9.17) is 5.48 Å². The van der Waals surface area contributed by atoms with Gasteiger partial charge in [-0.25, -0.2) is 0 Å². The highest BCUT2D eigenvalue weighted by atomic mass is 16.2. The molecule has 0 bridgehead atoms. The van der Waals surface area contributed by atoms with E-state index in [1.54, 1.807) is 0 Å². The van der Waals surface area contributed by atoms with Crippen LogP contribution in [-0.2, 0) is 4.79 Å². The number of unbranched alkanes of at least 4 members (excludes halogenated alkanes) is 3. The zero-order valence-corrected chi connectivity index (χ0v) is 8.89. The summed E-state index contributed by atoms with van der Waals surface area (Å²) in [5.41, 5.74) is 0. The summed E-state index contributed by atoms with van der Waals surface area (Å²) in [5, 5.41) is 0. The number of carbonyl (C=O) groups is 1. The maximum Gasteiger partial charge on any atom is 0.222 e. The van der Waals surface area contributed by atoms with E-state index in [1.165, 1.54) is 14.1 Å². The summed E-state index contributed by atoms with van der Waals surface area (Å²) in [4.78, 5) is 12.7. The van der Waals surface area contributed by atoms with Crippen LogP contribution in [0.1, 0.15) is 57.3 Å². The lowest BCUT2D eigenvalue weighted by Gasteiger charge is -2.09. The Bertz CT molecular complexity index is 254. The quantitative estimate of drug-likeness (QED) is 0.564. The highest BCUT2D eigenvalue weighted by molar-refractivity contribution is 5.75. The van der Waals surface area contributed by atoms with E-state index in [0.29, 0.717) is 6.42 Å². The summed E-state index contributed by atoms with van der Waals surface area (Å²) in [6.07, 6.45) is -0.930. The van der Waals surface area contributed by atoms with Gasteiger partial charge in [0.15, 0.2) is 0 Å². The van der Waals surface area contributed by atoms with Gasteiger partial charge in [-0.05, 0) is 6.37 Å². The second kappa shape index (κ2) is 8.09. The molecule has 0 N–H and O–H groups in total. The van der Waals surface area contributed by atoms with Crippen LogP contribution in [0.4, 0.5) is 0 Å². The molecule has 2 nitrogen and oxygen atoms in total. The summed E-state index contributed by atoms with van der Waals surface area (Å²) in [5.74, 6) is -0.807. The Morgan fingerprint density at radius 3 is 2.38 bits per heavy atom. The summed E-state index contributed by atoms with van der Waals surface area (Å²) in [6.45, 7) is 2.06. The van der Waals surface area contributed by atoms with Gasteiger partial charge in [0.1, 0.15) is 0 Å². The third kappa shape index (κ3) is 7.82. The number of nitrogens with zero attached hydrogens (tertiary/aromatic N) is 1. The fourth-order valence-corrected chi connectivity index (χ4v) is 0.890. The molecule has 2 heteroatoms. The Labute approximate surface area is 87.9 Å². The fourth-order valence-electron chi connectivity index (χ4n) is 0.890. The van der Waals surface area contributed by atoms with Crippen molar-refractivity contribution in [2.75, 3.05) is 14.1 Å². The van der Waals surface area contributed by atoms with E-state index in [9.17, 15) is 4.79 Å². The minimum atomic E-state index is -2.46. The minimum absolute atomic E-state index is 0.0829. The van der Waals surface area contributed by atoms with Crippen molar-refractivity contribution < 1.29 is 10.3 Å². The summed E-state index contributed by atoms with van der Waals surface area (Å²) in [7, 11) is 2.88. The number of carbonyl (C=O) groups excluding carboxylic acids is 1. The van der Waals surface area contributed by atoms with E-state index < -0.39 is 18.7 Å². The smallest absolute Gasteiger partial charge is 0.222 e. The average molecular weight is 189 g/mol. The van der Waals surface area contributed by atoms with Crippen LogP contribution in [-0.4, -0.2) is 24.9 Å². The molecule has 0 fully saturated rings. The molecule has 0 aromatic carbocycles. The molecular formula is C11H23NO. The van der Waals surface area contributed by atoms with Crippen molar-refractivity contribution in [2.45, 2.75) is 51.8 Å². The van der Waals surface area contributed by atoms with E-state index in [2.05, 4.69) is 6.92 Å². The molecular weight excluding hydrogens is 162 g/mol.